The summed E-state index contributed by atoms with van der Waals surface area (Å²) in [5, 5.41) is 11.1. The van der Waals surface area contributed by atoms with Crippen LogP contribution < -0.4 is 0 Å². The predicted octanol–water partition coefficient (Wildman–Crippen LogP) is 1.59. The molecule has 2 atom stereocenters. The van der Waals surface area contributed by atoms with Gasteiger partial charge in [-0.25, -0.2) is 8.42 Å². The monoisotopic (exact) mass is 339 g/mol. The first-order valence-electron chi connectivity index (χ1n) is 7.84. The lowest BCUT2D eigenvalue weighted by molar-refractivity contribution is -0.385. The van der Waals surface area contributed by atoms with Gasteiger partial charge in [0.1, 0.15) is 0 Å². The predicted molar refractivity (Wildman–Crippen MR) is 86.5 cm³/mol. The van der Waals surface area contributed by atoms with Crippen molar-refractivity contribution in [1.29, 1.82) is 0 Å². The Hall–Kier alpha value is -1.51. The molecule has 8 heteroatoms. The summed E-state index contributed by atoms with van der Waals surface area (Å²) in [6, 6.07) is 6.24. The highest BCUT2D eigenvalue weighted by atomic mass is 32.2. The average Bonchev–Trinajstić information content (AvgIpc) is 2.93. The molecule has 3 rings (SSSR count). The van der Waals surface area contributed by atoms with Gasteiger partial charge in [-0.1, -0.05) is 18.2 Å². The molecule has 0 N–H and O–H groups in total. The zero-order valence-corrected chi connectivity index (χ0v) is 13.9. The third-order valence-corrected chi connectivity index (χ3v) is 6.66. The fraction of sp³-hybridized carbons (Fsp3) is 0.600. The van der Waals surface area contributed by atoms with Crippen molar-refractivity contribution >= 4 is 15.7 Å². The molecule has 0 radical (unpaired) electrons. The van der Waals surface area contributed by atoms with Crippen molar-refractivity contribution in [2.45, 2.75) is 37.6 Å². The van der Waals surface area contributed by atoms with Gasteiger partial charge in [-0.05, 0) is 26.3 Å². The molecule has 7 nitrogen and oxygen atoms in total. The van der Waals surface area contributed by atoms with Crippen molar-refractivity contribution in [3.05, 3.63) is 39.9 Å². The molecule has 2 heterocycles. The molecule has 126 valence electrons. The maximum absolute atomic E-state index is 12.8. The number of fused-ring (bicyclic) bond motifs is 1. The van der Waals surface area contributed by atoms with Gasteiger partial charge in [-0.15, -0.1) is 0 Å². The van der Waals surface area contributed by atoms with Crippen LogP contribution in [0.1, 0.15) is 25.3 Å². The van der Waals surface area contributed by atoms with E-state index in [4.69, 9.17) is 0 Å². The first kappa shape index (κ1) is 16.4. The van der Waals surface area contributed by atoms with Crippen molar-refractivity contribution < 1.29 is 13.3 Å². The second-order valence-corrected chi connectivity index (χ2v) is 8.27. The first-order chi connectivity index (χ1) is 10.9. The van der Waals surface area contributed by atoms with Gasteiger partial charge in [-0.3, -0.25) is 15.0 Å². The zero-order chi connectivity index (χ0) is 16.6. The molecule has 1 aromatic rings. The van der Waals surface area contributed by atoms with Gasteiger partial charge < -0.3 is 0 Å². The summed E-state index contributed by atoms with van der Waals surface area (Å²) in [6.07, 6.45) is 2.12. The Kier molecular flexibility index (Phi) is 4.39. The average molecular weight is 339 g/mol. The van der Waals surface area contributed by atoms with Crippen molar-refractivity contribution in [3.8, 4) is 0 Å². The Morgan fingerprint density at radius 1 is 1.30 bits per heavy atom. The van der Waals surface area contributed by atoms with Crippen LogP contribution in [0.2, 0.25) is 0 Å². The van der Waals surface area contributed by atoms with Crippen LogP contribution in [0.15, 0.2) is 24.3 Å². The lowest BCUT2D eigenvalue weighted by Crippen LogP contribution is -2.56. The van der Waals surface area contributed by atoms with Crippen LogP contribution in [0.25, 0.3) is 0 Å². The molecule has 0 aromatic heterocycles. The largest absolute Gasteiger partial charge is 0.297 e. The van der Waals surface area contributed by atoms with E-state index in [2.05, 4.69) is 4.90 Å². The SMILES string of the molecule is C[C@H]1CN2CCC[C@H]2CN1S(=O)(=O)Cc1ccccc1[N+](=O)[O-]. The minimum Gasteiger partial charge on any atom is -0.297 e. The molecule has 0 saturated carbocycles. The van der Waals surface area contributed by atoms with Gasteiger partial charge in [0.05, 0.1) is 10.7 Å². The van der Waals surface area contributed by atoms with Gasteiger partial charge in [0.25, 0.3) is 5.69 Å². The number of sulfonamides is 1. The Labute approximate surface area is 136 Å². The van der Waals surface area contributed by atoms with E-state index < -0.39 is 14.9 Å². The Morgan fingerprint density at radius 3 is 2.78 bits per heavy atom. The molecular formula is C15H21N3O4S. The van der Waals surface area contributed by atoms with E-state index in [1.807, 2.05) is 6.92 Å². The summed E-state index contributed by atoms with van der Waals surface area (Å²) >= 11 is 0. The molecule has 0 amide bonds. The summed E-state index contributed by atoms with van der Waals surface area (Å²) in [6.45, 7) is 4.17. The van der Waals surface area contributed by atoms with Crippen LogP contribution in [0.3, 0.4) is 0 Å². The quantitative estimate of drug-likeness (QED) is 0.614. The van der Waals surface area contributed by atoms with Gasteiger partial charge in [0.15, 0.2) is 0 Å². The lowest BCUT2D eigenvalue weighted by atomic mass is 10.1. The number of para-hydroxylation sites is 1. The van der Waals surface area contributed by atoms with Crippen LogP contribution in [-0.2, 0) is 15.8 Å². The summed E-state index contributed by atoms with van der Waals surface area (Å²) in [5.41, 5.74) is 0.113. The van der Waals surface area contributed by atoms with E-state index in [-0.39, 0.29) is 29.1 Å². The van der Waals surface area contributed by atoms with Crippen LogP contribution in [0.5, 0.6) is 0 Å². The van der Waals surface area contributed by atoms with E-state index >= 15 is 0 Å². The minimum atomic E-state index is -3.58. The molecule has 0 spiro atoms. The van der Waals surface area contributed by atoms with Crippen molar-refractivity contribution in [2.75, 3.05) is 19.6 Å². The molecule has 23 heavy (non-hydrogen) atoms. The van der Waals surface area contributed by atoms with Gasteiger partial charge in [-0.2, -0.15) is 4.31 Å². The Balaban J connectivity index is 1.83. The second kappa shape index (κ2) is 6.18. The third kappa shape index (κ3) is 3.24. The lowest BCUT2D eigenvalue weighted by Gasteiger charge is -2.41. The number of nitrogens with zero attached hydrogens (tertiary/aromatic N) is 3. The number of piperazine rings is 1. The van der Waals surface area contributed by atoms with Crippen molar-refractivity contribution in [1.82, 2.24) is 9.21 Å². The van der Waals surface area contributed by atoms with Crippen LogP contribution in [-0.4, -0.2) is 54.3 Å². The van der Waals surface area contributed by atoms with Crippen LogP contribution >= 0.6 is 0 Å². The molecule has 2 aliphatic heterocycles. The highest BCUT2D eigenvalue weighted by Gasteiger charge is 2.40. The van der Waals surface area contributed by atoms with E-state index in [9.17, 15) is 18.5 Å². The molecule has 2 fully saturated rings. The highest BCUT2D eigenvalue weighted by molar-refractivity contribution is 7.88. The van der Waals surface area contributed by atoms with E-state index in [0.717, 1.165) is 25.9 Å². The molecule has 0 bridgehead atoms. The smallest absolute Gasteiger partial charge is 0.273 e. The molecule has 0 unspecified atom stereocenters. The third-order valence-electron chi connectivity index (χ3n) is 4.76. The van der Waals surface area contributed by atoms with Crippen LogP contribution in [0, 0.1) is 10.1 Å². The maximum Gasteiger partial charge on any atom is 0.273 e. The number of nitro benzene ring substituents is 1. The van der Waals surface area contributed by atoms with E-state index in [1.165, 1.54) is 16.4 Å². The fourth-order valence-electron chi connectivity index (χ4n) is 3.64. The standard InChI is InChI=1S/C15H21N3O4S/c1-12-9-16-8-4-6-14(16)10-17(12)23(21,22)11-13-5-2-3-7-15(13)18(19)20/h2-3,5,7,12,14H,4,6,8-11H2,1H3/t12-,14-/m0/s1. The van der Waals surface area contributed by atoms with Crippen LogP contribution in [0.4, 0.5) is 5.69 Å². The van der Waals surface area contributed by atoms with Crippen molar-refractivity contribution in [2.24, 2.45) is 0 Å². The first-order valence-corrected chi connectivity index (χ1v) is 9.45. The number of hydrogen-bond donors (Lipinski definition) is 0. The topological polar surface area (TPSA) is 83.8 Å². The molecule has 0 aliphatic carbocycles. The molecule has 2 saturated heterocycles. The highest BCUT2D eigenvalue weighted by Crippen LogP contribution is 2.29. The second-order valence-electron chi connectivity index (χ2n) is 6.35. The minimum absolute atomic E-state index is 0.0999. The maximum atomic E-state index is 12.8. The summed E-state index contributed by atoms with van der Waals surface area (Å²) in [5.74, 6) is -0.318. The Bertz CT molecular complexity index is 706. The zero-order valence-electron chi connectivity index (χ0n) is 13.1. The fourth-order valence-corrected chi connectivity index (χ4v) is 5.46. The van der Waals surface area contributed by atoms with Crippen molar-refractivity contribution in [3.63, 3.8) is 0 Å². The molecule has 2 aliphatic rings. The number of nitro groups is 1. The molecule has 1 aromatic carbocycles. The number of hydrogen-bond acceptors (Lipinski definition) is 5. The van der Waals surface area contributed by atoms with E-state index in [1.54, 1.807) is 12.1 Å². The Morgan fingerprint density at radius 2 is 2.04 bits per heavy atom. The van der Waals surface area contributed by atoms with Gasteiger partial charge in [0, 0.05) is 36.8 Å². The summed E-state index contributed by atoms with van der Waals surface area (Å²) in [4.78, 5) is 12.9. The number of rotatable bonds is 4. The van der Waals surface area contributed by atoms with Gasteiger partial charge in [0.2, 0.25) is 10.0 Å². The van der Waals surface area contributed by atoms with Gasteiger partial charge >= 0.3 is 0 Å². The summed E-state index contributed by atoms with van der Waals surface area (Å²) < 4.78 is 27.2. The van der Waals surface area contributed by atoms with E-state index in [0.29, 0.717) is 6.54 Å². The molecular weight excluding hydrogens is 318 g/mol. The number of benzene rings is 1. The summed E-state index contributed by atoms with van der Waals surface area (Å²) in [7, 11) is -3.58. The normalized spacial score (nSPS) is 26.1.